The molecular formula is C31H26BNO2. The lowest BCUT2D eigenvalue weighted by atomic mass is 9.72. The van der Waals surface area contributed by atoms with Gasteiger partial charge in [-0.25, -0.2) is 0 Å². The summed E-state index contributed by atoms with van der Waals surface area (Å²) in [6.45, 7) is 4.56. The minimum atomic E-state index is -1.49. The van der Waals surface area contributed by atoms with E-state index >= 15 is 0 Å². The first-order chi connectivity index (χ1) is 16.9. The van der Waals surface area contributed by atoms with Gasteiger partial charge in [-0.15, -0.1) is 0 Å². The van der Waals surface area contributed by atoms with Crippen LogP contribution in [-0.4, -0.2) is 17.2 Å². The van der Waals surface area contributed by atoms with Gasteiger partial charge >= 0.3 is 7.12 Å². The van der Waals surface area contributed by atoms with Crippen molar-refractivity contribution in [1.29, 1.82) is 0 Å². The van der Waals surface area contributed by atoms with Gasteiger partial charge in [-0.2, -0.15) is 0 Å². The highest BCUT2D eigenvalue weighted by Gasteiger charge is 2.37. The third-order valence-corrected chi connectivity index (χ3v) is 7.24. The molecule has 0 amide bonds. The molecule has 170 valence electrons. The molecule has 1 heterocycles. The lowest BCUT2D eigenvalue weighted by Gasteiger charge is -2.42. The summed E-state index contributed by atoms with van der Waals surface area (Å²) in [6, 6.07) is 37.8. The molecule has 35 heavy (non-hydrogen) atoms. The van der Waals surface area contributed by atoms with Crippen LogP contribution in [0.15, 0.2) is 109 Å². The molecule has 0 saturated carbocycles. The molecule has 0 unspecified atom stereocenters. The second-order valence-corrected chi connectivity index (χ2v) is 9.74. The normalized spacial score (nSPS) is 13.9. The van der Waals surface area contributed by atoms with Crippen molar-refractivity contribution in [3.63, 3.8) is 0 Å². The third kappa shape index (κ3) is 3.54. The average Bonchev–Trinajstić information content (AvgIpc) is 2.89. The Balaban J connectivity index is 1.57. The van der Waals surface area contributed by atoms with Gasteiger partial charge in [0, 0.05) is 11.1 Å². The minimum absolute atomic E-state index is 0.205. The van der Waals surface area contributed by atoms with Crippen LogP contribution in [0, 0.1) is 0 Å². The van der Waals surface area contributed by atoms with Crippen molar-refractivity contribution >= 4 is 40.4 Å². The Kier molecular flexibility index (Phi) is 5.03. The summed E-state index contributed by atoms with van der Waals surface area (Å²) in [5.41, 5.74) is 8.29. The topological polar surface area (TPSA) is 43.7 Å². The molecule has 5 aromatic rings. The van der Waals surface area contributed by atoms with Crippen LogP contribution in [0.3, 0.4) is 0 Å². The second-order valence-electron chi connectivity index (χ2n) is 9.74. The fourth-order valence-electron chi connectivity index (χ4n) is 5.36. The second kappa shape index (κ2) is 8.12. The predicted octanol–water partition coefficient (Wildman–Crippen LogP) is 6.30. The molecule has 3 nitrogen and oxygen atoms in total. The minimum Gasteiger partial charge on any atom is -0.423 e. The van der Waals surface area contributed by atoms with Gasteiger partial charge in [0.2, 0.25) is 0 Å². The van der Waals surface area contributed by atoms with Crippen molar-refractivity contribution in [2.75, 3.05) is 4.90 Å². The van der Waals surface area contributed by atoms with Crippen LogP contribution in [-0.2, 0) is 5.41 Å². The van der Waals surface area contributed by atoms with Gasteiger partial charge < -0.3 is 14.9 Å². The monoisotopic (exact) mass is 455 g/mol. The van der Waals surface area contributed by atoms with E-state index in [0.717, 1.165) is 22.5 Å². The van der Waals surface area contributed by atoms with Crippen LogP contribution in [0.2, 0.25) is 0 Å². The maximum absolute atomic E-state index is 9.66. The van der Waals surface area contributed by atoms with Crippen molar-refractivity contribution < 1.29 is 10.0 Å². The molecule has 0 fully saturated rings. The first-order valence-electron chi connectivity index (χ1n) is 11.9. The van der Waals surface area contributed by atoms with Crippen molar-refractivity contribution in [3.05, 3.63) is 120 Å². The number of anilines is 3. The number of nitrogens with zero attached hydrogens (tertiary/aromatic N) is 1. The largest absolute Gasteiger partial charge is 0.488 e. The van der Waals surface area contributed by atoms with Crippen LogP contribution < -0.4 is 10.4 Å². The van der Waals surface area contributed by atoms with E-state index in [0.29, 0.717) is 5.46 Å². The first kappa shape index (κ1) is 21.7. The Morgan fingerprint density at radius 1 is 0.600 bits per heavy atom. The first-order valence-corrected chi connectivity index (χ1v) is 11.9. The number of rotatable bonds is 3. The molecule has 0 aromatic heterocycles. The van der Waals surface area contributed by atoms with Crippen molar-refractivity contribution in [2.45, 2.75) is 19.3 Å². The lowest BCUT2D eigenvalue weighted by molar-refractivity contribution is 0.426. The van der Waals surface area contributed by atoms with Crippen LogP contribution in [0.25, 0.3) is 21.9 Å². The summed E-state index contributed by atoms with van der Waals surface area (Å²) in [5.74, 6) is 0. The molecule has 0 spiro atoms. The molecule has 0 aliphatic carbocycles. The Bertz CT molecular complexity index is 1570. The van der Waals surface area contributed by atoms with Gasteiger partial charge in [0.05, 0.1) is 11.4 Å². The molecule has 4 heteroatoms. The SMILES string of the molecule is CC1(C)c2ccccc2N(c2ccc3ccccc3c2)c2ccc(-c3cccc(B(O)O)c3)cc21. The standard InChI is InChI=1S/C31H26BNO2/c1-31(2)27-12-5-6-13-29(27)33(26-16-14-21-8-3-4-9-23(21)19-26)30-17-15-24(20-28(30)31)22-10-7-11-25(18-22)32(34)35/h3-20,34-35H,1-2H3. The zero-order valence-electron chi connectivity index (χ0n) is 19.8. The fourth-order valence-corrected chi connectivity index (χ4v) is 5.36. The number of fused-ring (bicyclic) bond motifs is 3. The van der Waals surface area contributed by atoms with Gasteiger partial charge in [-0.3, -0.25) is 0 Å². The predicted molar refractivity (Wildman–Crippen MR) is 146 cm³/mol. The highest BCUT2D eigenvalue weighted by Crippen LogP contribution is 2.52. The Hall–Kier alpha value is -3.86. The molecule has 0 atom stereocenters. The lowest BCUT2D eigenvalue weighted by Crippen LogP contribution is -2.30. The summed E-state index contributed by atoms with van der Waals surface area (Å²) in [7, 11) is -1.49. The molecule has 6 rings (SSSR count). The highest BCUT2D eigenvalue weighted by molar-refractivity contribution is 6.58. The van der Waals surface area contributed by atoms with E-state index in [9.17, 15) is 10.0 Å². The molecule has 0 radical (unpaired) electrons. The van der Waals surface area contributed by atoms with Gasteiger partial charge in [0.25, 0.3) is 0 Å². The van der Waals surface area contributed by atoms with Gasteiger partial charge in [-0.05, 0) is 68.8 Å². The molecule has 1 aliphatic heterocycles. The van der Waals surface area contributed by atoms with Gasteiger partial charge in [0.15, 0.2) is 0 Å². The number of para-hydroxylation sites is 1. The van der Waals surface area contributed by atoms with E-state index in [4.69, 9.17) is 0 Å². The van der Waals surface area contributed by atoms with Crippen LogP contribution >= 0.6 is 0 Å². The van der Waals surface area contributed by atoms with E-state index in [1.807, 2.05) is 18.2 Å². The maximum Gasteiger partial charge on any atom is 0.488 e. The van der Waals surface area contributed by atoms with E-state index in [1.165, 1.54) is 27.6 Å². The van der Waals surface area contributed by atoms with Gasteiger partial charge in [0.1, 0.15) is 0 Å². The summed E-state index contributed by atoms with van der Waals surface area (Å²) < 4.78 is 0. The Morgan fingerprint density at radius 2 is 1.31 bits per heavy atom. The smallest absolute Gasteiger partial charge is 0.423 e. The van der Waals surface area contributed by atoms with Crippen molar-refractivity contribution in [3.8, 4) is 11.1 Å². The average molecular weight is 455 g/mol. The highest BCUT2D eigenvalue weighted by atomic mass is 16.4. The molecule has 0 bridgehead atoms. The van der Waals surface area contributed by atoms with Crippen molar-refractivity contribution in [2.24, 2.45) is 0 Å². The van der Waals surface area contributed by atoms with E-state index in [2.05, 4.69) is 104 Å². The van der Waals surface area contributed by atoms with Crippen LogP contribution in [0.1, 0.15) is 25.0 Å². The Labute approximate surface area is 206 Å². The van der Waals surface area contributed by atoms with E-state index in [-0.39, 0.29) is 5.41 Å². The van der Waals surface area contributed by atoms with Crippen molar-refractivity contribution in [1.82, 2.24) is 0 Å². The zero-order valence-corrected chi connectivity index (χ0v) is 19.8. The zero-order chi connectivity index (χ0) is 24.2. The fraction of sp³-hybridized carbons (Fsp3) is 0.0968. The molecule has 2 N–H and O–H groups in total. The summed E-state index contributed by atoms with van der Waals surface area (Å²) >= 11 is 0. The molecule has 1 aliphatic rings. The Morgan fingerprint density at radius 3 is 2.14 bits per heavy atom. The molecular weight excluding hydrogens is 429 g/mol. The van der Waals surface area contributed by atoms with Crippen LogP contribution in [0.4, 0.5) is 17.1 Å². The van der Waals surface area contributed by atoms with Crippen LogP contribution in [0.5, 0.6) is 0 Å². The summed E-state index contributed by atoms with van der Waals surface area (Å²) in [5, 5.41) is 21.8. The third-order valence-electron chi connectivity index (χ3n) is 7.24. The number of hydrogen-bond acceptors (Lipinski definition) is 3. The summed E-state index contributed by atoms with van der Waals surface area (Å²) in [6.07, 6.45) is 0. The molecule has 5 aromatic carbocycles. The quantitative estimate of drug-likeness (QED) is 0.314. The molecule has 0 saturated heterocycles. The van der Waals surface area contributed by atoms with E-state index in [1.54, 1.807) is 6.07 Å². The summed E-state index contributed by atoms with van der Waals surface area (Å²) in [4.78, 5) is 2.36. The number of benzene rings is 5. The van der Waals surface area contributed by atoms with E-state index < -0.39 is 7.12 Å². The van der Waals surface area contributed by atoms with Gasteiger partial charge in [-0.1, -0.05) is 92.7 Å². The maximum atomic E-state index is 9.66. The number of hydrogen-bond donors (Lipinski definition) is 2.